The molecule has 3 atom stereocenters. The first-order valence-corrected chi connectivity index (χ1v) is 9.83. The number of benzene rings is 2. The first kappa shape index (κ1) is 20.9. The predicted octanol–water partition coefficient (Wildman–Crippen LogP) is 1.86. The highest BCUT2D eigenvalue weighted by Gasteiger charge is 2.28. The van der Waals surface area contributed by atoms with E-state index >= 15 is 0 Å². The van der Waals surface area contributed by atoms with E-state index in [1.54, 1.807) is 24.3 Å². The molecule has 3 rings (SSSR count). The lowest BCUT2D eigenvalue weighted by atomic mass is 10.0. The molecule has 0 bridgehead atoms. The first-order chi connectivity index (χ1) is 13.6. The van der Waals surface area contributed by atoms with Crippen LogP contribution in [-0.4, -0.2) is 48.7 Å². The summed E-state index contributed by atoms with van der Waals surface area (Å²) < 4.78 is 32.6. The van der Waals surface area contributed by atoms with Crippen LogP contribution in [0.25, 0.3) is 0 Å². The van der Waals surface area contributed by atoms with E-state index in [9.17, 15) is 19.0 Å². The van der Waals surface area contributed by atoms with Gasteiger partial charge in [0.25, 0.3) is 0 Å². The minimum absolute atomic E-state index is 0.0983. The summed E-state index contributed by atoms with van der Waals surface area (Å²) in [6.45, 7) is 1.66. The highest BCUT2D eigenvalue weighted by Crippen LogP contribution is 2.26. The van der Waals surface area contributed by atoms with Crippen LogP contribution in [0.4, 0.5) is 8.78 Å². The average molecular weight is 392 g/mol. The normalized spacial score (nSPS) is 21.0. The van der Waals surface area contributed by atoms with Gasteiger partial charge in [0.15, 0.2) is 0 Å². The van der Waals surface area contributed by atoms with E-state index in [1.807, 2.05) is 0 Å². The Balaban J connectivity index is 1.67. The van der Waals surface area contributed by atoms with Gasteiger partial charge in [-0.25, -0.2) is 8.78 Å². The number of aliphatic hydroxyl groups is 2. The number of hydrogen-bond donors (Lipinski definition) is 3. The summed E-state index contributed by atoms with van der Waals surface area (Å²) in [6, 6.07) is 12.1. The van der Waals surface area contributed by atoms with Crippen molar-refractivity contribution in [3.8, 4) is 0 Å². The maximum atomic E-state index is 13.3. The van der Waals surface area contributed by atoms with E-state index in [-0.39, 0.29) is 30.9 Å². The van der Waals surface area contributed by atoms with Gasteiger partial charge in [-0.15, -0.1) is 0 Å². The number of likely N-dealkylation sites (tertiary alicyclic amines) is 1. The molecule has 1 aliphatic heterocycles. The third-order valence-corrected chi connectivity index (χ3v) is 5.40. The van der Waals surface area contributed by atoms with E-state index in [0.29, 0.717) is 6.54 Å². The maximum absolute atomic E-state index is 13.3. The molecule has 28 heavy (non-hydrogen) atoms. The van der Waals surface area contributed by atoms with Crippen molar-refractivity contribution in [1.82, 2.24) is 0 Å². The van der Waals surface area contributed by atoms with Crippen molar-refractivity contribution in [2.24, 2.45) is 0 Å². The van der Waals surface area contributed by atoms with E-state index in [1.165, 1.54) is 29.2 Å². The van der Waals surface area contributed by atoms with Crippen LogP contribution in [0, 0.1) is 11.6 Å². The third kappa shape index (κ3) is 5.58. The van der Waals surface area contributed by atoms with Crippen LogP contribution in [0.15, 0.2) is 48.5 Å². The fraction of sp³-hybridized carbons (Fsp3) is 0.455. The third-order valence-electron chi connectivity index (χ3n) is 5.40. The molecule has 0 spiro atoms. The largest absolute Gasteiger partial charge is 0.390 e. The Morgan fingerprint density at radius 2 is 1.54 bits per heavy atom. The van der Waals surface area contributed by atoms with Crippen molar-refractivity contribution in [3.63, 3.8) is 0 Å². The highest BCUT2D eigenvalue weighted by atomic mass is 19.1. The number of quaternary nitrogens is 1. The molecule has 0 amide bonds. The lowest BCUT2D eigenvalue weighted by Gasteiger charge is -2.33. The van der Waals surface area contributed by atoms with Crippen LogP contribution in [0.5, 0.6) is 0 Å². The molecular weight excluding hydrogens is 364 g/mol. The second-order valence-electron chi connectivity index (χ2n) is 7.46. The quantitative estimate of drug-likeness (QED) is 0.643. The summed E-state index contributed by atoms with van der Waals surface area (Å²) >= 11 is 0. The number of ether oxygens (including phenoxy) is 1. The van der Waals surface area contributed by atoms with Gasteiger partial charge < -0.3 is 19.8 Å². The first-order valence-electron chi connectivity index (χ1n) is 9.83. The van der Waals surface area contributed by atoms with E-state index in [4.69, 9.17) is 4.74 Å². The summed E-state index contributed by atoms with van der Waals surface area (Å²) in [4.78, 5) is 1.20. The average Bonchev–Trinajstić information content (AvgIpc) is 2.71. The van der Waals surface area contributed by atoms with Crippen molar-refractivity contribution in [2.75, 3.05) is 26.3 Å². The number of halogens is 2. The molecule has 152 valence electrons. The van der Waals surface area contributed by atoms with Crippen LogP contribution in [0.2, 0.25) is 0 Å². The number of rotatable bonds is 8. The minimum atomic E-state index is -0.689. The molecule has 1 aliphatic rings. The molecule has 1 fully saturated rings. The van der Waals surface area contributed by atoms with Crippen LogP contribution < -0.4 is 4.90 Å². The second kappa shape index (κ2) is 10.1. The molecule has 0 aromatic heterocycles. The van der Waals surface area contributed by atoms with Gasteiger partial charge in [0, 0.05) is 6.42 Å². The van der Waals surface area contributed by atoms with Gasteiger partial charge in [0.1, 0.15) is 36.4 Å². The Hall–Kier alpha value is -1.86. The molecule has 1 saturated heterocycles. The Kier molecular flexibility index (Phi) is 7.50. The number of hydrogen-bond acceptors (Lipinski definition) is 3. The monoisotopic (exact) mass is 392 g/mol. The summed E-state index contributed by atoms with van der Waals surface area (Å²) in [5, 5.41) is 20.0. The Bertz CT molecular complexity index is 678. The van der Waals surface area contributed by atoms with E-state index in [2.05, 4.69) is 0 Å². The molecular formula is C22H28F2NO3+. The number of piperidine rings is 1. The molecule has 0 radical (unpaired) electrons. The summed E-state index contributed by atoms with van der Waals surface area (Å²) in [6.07, 6.45) is 1.95. The molecule has 6 heteroatoms. The predicted molar refractivity (Wildman–Crippen MR) is 102 cm³/mol. The molecule has 2 aromatic rings. The minimum Gasteiger partial charge on any atom is -0.390 e. The van der Waals surface area contributed by atoms with Gasteiger partial charge in [-0.1, -0.05) is 24.3 Å². The van der Waals surface area contributed by atoms with Crippen molar-refractivity contribution in [1.29, 1.82) is 0 Å². The fourth-order valence-electron chi connectivity index (χ4n) is 3.87. The molecule has 2 aromatic carbocycles. The SMILES string of the molecule is OC[C@H]1CCCC[NH+]1C[C@H](O)COC(c1ccc(F)cc1)c1ccc(F)cc1. The lowest BCUT2D eigenvalue weighted by molar-refractivity contribution is -0.934. The number of aliphatic hydroxyl groups excluding tert-OH is 2. The van der Waals surface area contributed by atoms with Crippen LogP contribution in [0.1, 0.15) is 36.5 Å². The maximum Gasteiger partial charge on any atom is 0.126 e. The van der Waals surface area contributed by atoms with Gasteiger partial charge in [0.05, 0.1) is 19.8 Å². The molecule has 3 N–H and O–H groups in total. The molecule has 0 aliphatic carbocycles. The van der Waals surface area contributed by atoms with Gasteiger partial charge >= 0.3 is 0 Å². The van der Waals surface area contributed by atoms with Gasteiger partial charge in [0.2, 0.25) is 0 Å². The summed E-state index contributed by atoms with van der Waals surface area (Å²) in [7, 11) is 0. The number of nitrogens with one attached hydrogen (secondary N) is 1. The molecule has 1 heterocycles. The fourth-order valence-corrected chi connectivity index (χ4v) is 3.87. The van der Waals surface area contributed by atoms with Crippen molar-refractivity contribution in [3.05, 3.63) is 71.3 Å². The standard InChI is InChI=1S/C22H27F2NO3/c23-18-8-4-16(5-9-18)22(17-6-10-19(24)11-7-17)28-15-21(27)13-25-12-2-1-3-20(25)14-26/h4-11,20-22,26-27H,1-3,12-15H2/p+1/t20-,21+/m1/s1. The smallest absolute Gasteiger partial charge is 0.126 e. The Morgan fingerprint density at radius 1 is 0.964 bits per heavy atom. The zero-order chi connectivity index (χ0) is 19.9. The van der Waals surface area contributed by atoms with E-state index < -0.39 is 12.2 Å². The Morgan fingerprint density at radius 3 is 2.07 bits per heavy atom. The van der Waals surface area contributed by atoms with Crippen LogP contribution in [-0.2, 0) is 4.74 Å². The van der Waals surface area contributed by atoms with Crippen molar-refractivity contribution in [2.45, 2.75) is 37.5 Å². The Labute approximate surface area is 164 Å². The summed E-state index contributed by atoms with van der Waals surface area (Å²) in [5.74, 6) is -0.684. The molecule has 0 saturated carbocycles. The molecule has 1 unspecified atom stereocenters. The van der Waals surface area contributed by atoms with Gasteiger partial charge in [-0.3, -0.25) is 0 Å². The lowest BCUT2D eigenvalue weighted by Crippen LogP contribution is -3.18. The van der Waals surface area contributed by atoms with Crippen molar-refractivity contribution < 1.29 is 28.6 Å². The van der Waals surface area contributed by atoms with Gasteiger partial charge in [-0.2, -0.15) is 0 Å². The van der Waals surface area contributed by atoms with E-state index in [0.717, 1.165) is 36.9 Å². The van der Waals surface area contributed by atoms with Crippen molar-refractivity contribution >= 4 is 0 Å². The topological polar surface area (TPSA) is 54.1 Å². The van der Waals surface area contributed by atoms with Crippen LogP contribution >= 0.6 is 0 Å². The molecule has 4 nitrogen and oxygen atoms in total. The second-order valence-corrected chi connectivity index (χ2v) is 7.46. The zero-order valence-corrected chi connectivity index (χ0v) is 15.9. The van der Waals surface area contributed by atoms with Gasteiger partial charge in [-0.05, 0) is 48.2 Å². The summed E-state index contributed by atoms with van der Waals surface area (Å²) in [5.41, 5.74) is 1.47. The highest BCUT2D eigenvalue weighted by molar-refractivity contribution is 5.30. The van der Waals surface area contributed by atoms with Crippen LogP contribution in [0.3, 0.4) is 0 Å². The zero-order valence-electron chi connectivity index (χ0n) is 15.9.